The highest BCUT2D eigenvalue weighted by atomic mass is 32.1. The molecule has 0 aliphatic heterocycles. The molecule has 4 aromatic rings. The number of rotatable bonds is 4. The van der Waals surface area contributed by atoms with E-state index in [9.17, 15) is 18.0 Å². The van der Waals surface area contributed by atoms with Crippen LogP contribution in [0.3, 0.4) is 0 Å². The lowest BCUT2D eigenvalue weighted by Gasteiger charge is -2.20. The van der Waals surface area contributed by atoms with Gasteiger partial charge in [0, 0.05) is 11.8 Å². The molecule has 4 nitrogen and oxygen atoms in total. The summed E-state index contributed by atoms with van der Waals surface area (Å²) in [5.74, 6) is -0.565. The molecule has 8 heteroatoms. The van der Waals surface area contributed by atoms with Gasteiger partial charge in [0.2, 0.25) is 0 Å². The summed E-state index contributed by atoms with van der Waals surface area (Å²) in [6, 6.07) is 13.7. The van der Waals surface area contributed by atoms with Crippen molar-refractivity contribution in [3.8, 4) is 0 Å². The number of halogens is 3. The first-order chi connectivity index (χ1) is 14.7. The predicted octanol–water partition coefficient (Wildman–Crippen LogP) is 6.17. The second-order valence-corrected chi connectivity index (χ2v) is 8.15. The van der Waals surface area contributed by atoms with Gasteiger partial charge in [-0.3, -0.25) is 14.7 Å². The van der Waals surface area contributed by atoms with Crippen molar-refractivity contribution < 1.29 is 18.0 Å². The van der Waals surface area contributed by atoms with Crippen molar-refractivity contribution in [2.75, 3.05) is 4.90 Å². The summed E-state index contributed by atoms with van der Waals surface area (Å²) in [4.78, 5) is 23.7. The number of alkyl halides is 3. The number of pyridine rings is 1. The number of amides is 1. The van der Waals surface area contributed by atoms with E-state index in [1.165, 1.54) is 28.4 Å². The zero-order valence-electron chi connectivity index (χ0n) is 16.8. The normalized spacial score (nSPS) is 11.6. The summed E-state index contributed by atoms with van der Waals surface area (Å²) in [5, 5.41) is 0.414. The van der Waals surface area contributed by atoms with E-state index in [0.29, 0.717) is 10.8 Å². The fraction of sp³-hybridized carbons (Fsp3) is 0.174. The van der Waals surface area contributed by atoms with E-state index in [1.807, 2.05) is 26.0 Å². The van der Waals surface area contributed by atoms with Gasteiger partial charge in [-0.05, 0) is 61.4 Å². The largest absolute Gasteiger partial charge is 0.416 e. The Morgan fingerprint density at radius 3 is 2.58 bits per heavy atom. The number of fused-ring (bicyclic) bond motifs is 1. The van der Waals surface area contributed by atoms with Gasteiger partial charge in [-0.1, -0.05) is 29.5 Å². The molecule has 2 heterocycles. The van der Waals surface area contributed by atoms with Crippen LogP contribution in [-0.4, -0.2) is 15.9 Å². The first-order valence-corrected chi connectivity index (χ1v) is 10.3. The van der Waals surface area contributed by atoms with Crippen molar-refractivity contribution in [3.05, 3.63) is 88.7 Å². The van der Waals surface area contributed by atoms with Crippen molar-refractivity contribution in [3.63, 3.8) is 0 Å². The molecule has 2 aromatic heterocycles. The zero-order chi connectivity index (χ0) is 22.2. The molecule has 158 valence electrons. The molecule has 0 saturated carbocycles. The molecule has 1 amide bonds. The summed E-state index contributed by atoms with van der Waals surface area (Å²) in [5.41, 5.74) is 2.54. The van der Waals surface area contributed by atoms with E-state index in [4.69, 9.17) is 0 Å². The lowest BCUT2D eigenvalue weighted by atomic mass is 10.1. The molecule has 0 fully saturated rings. The van der Waals surface area contributed by atoms with Gasteiger partial charge in [0.05, 0.1) is 28.0 Å². The second-order valence-electron chi connectivity index (χ2n) is 7.14. The van der Waals surface area contributed by atoms with Crippen molar-refractivity contribution in [1.29, 1.82) is 0 Å². The minimum atomic E-state index is -4.54. The van der Waals surface area contributed by atoms with Gasteiger partial charge in [-0.25, -0.2) is 4.98 Å². The molecule has 0 radical (unpaired) electrons. The van der Waals surface area contributed by atoms with Crippen molar-refractivity contribution in [2.24, 2.45) is 0 Å². The van der Waals surface area contributed by atoms with Crippen LogP contribution in [0.15, 0.2) is 60.8 Å². The lowest BCUT2D eigenvalue weighted by molar-refractivity contribution is -0.137. The smallest absolute Gasteiger partial charge is 0.278 e. The van der Waals surface area contributed by atoms with Crippen molar-refractivity contribution in [2.45, 2.75) is 26.6 Å². The van der Waals surface area contributed by atoms with Crippen LogP contribution in [0.25, 0.3) is 10.2 Å². The quantitative estimate of drug-likeness (QED) is 0.380. The summed E-state index contributed by atoms with van der Waals surface area (Å²) in [6.45, 7) is 4.03. The molecule has 0 N–H and O–H groups in total. The average Bonchev–Trinajstić information content (AvgIpc) is 3.19. The van der Waals surface area contributed by atoms with Crippen LogP contribution in [0.4, 0.5) is 18.3 Å². The minimum absolute atomic E-state index is 0.0575. The SMILES string of the molecule is Cc1ccc2sc(N(Cc3ccccn3)C(=O)c3cccc(C(F)(F)F)c3)nc2c1C. The van der Waals surface area contributed by atoms with Crippen LogP contribution in [0, 0.1) is 13.8 Å². The molecular formula is C23H18F3N3OS. The van der Waals surface area contributed by atoms with Crippen LogP contribution < -0.4 is 4.90 Å². The lowest BCUT2D eigenvalue weighted by Crippen LogP contribution is -2.31. The Kier molecular flexibility index (Phi) is 5.49. The number of nitrogens with zero attached hydrogens (tertiary/aromatic N) is 3. The maximum Gasteiger partial charge on any atom is 0.416 e. The zero-order valence-corrected chi connectivity index (χ0v) is 17.6. The fourth-order valence-corrected chi connectivity index (χ4v) is 4.22. The molecule has 4 rings (SSSR count). The van der Waals surface area contributed by atoms with Gasteiger partial charge < -0.3 is 0 Å². The number of anilines is 1. The molecule has 0 spiro atoms. The van der Waals surface area contributed by atoms with Gasteiger partial charge in [0.15, 0.2) is 5.13 Å². The molecule has 0 aliphatic rings. The monoisotopic (exact) mass is 441 g/mol. The first-order valence-electron chi connectivity index (χ1n) is 9.50. The standard InChI is InChI=1S/C23H18F3N3OS/c1-14-9-10-19-20(15(14)2)28-22(31-19)29(13-18-8-3-4-11-27-18)21(30)16-6-5-7-17(12-16)23(24,25)26/h3-12H,13H2,1-2H3. The van der Waals surface area contributed by atoms with Gasteiger partial charge in [0.25, 0.3) is 5.91 Å². The highest BCUT2D eigenvalue weighted by Crippen LogP contribution is 2.34. The van der Waals surface area contributed by atoms with Gasteiger partial charge in [0.1, 0.15) is 0 Å². The number of hydrogen-bond acceptors (Lipinski definition) is 4. The third kappa shape index (κ3) is 4.29. The highest BCUT2D eigenvalue weighted by molar-refractivity contribution is 7.22. The van der Waals surface area contributed by atoms with Crippen LogP contribution in [-0.2, 0) is 12.7 Å². The summed E-state index contributed by atoms with van der Waals surface area (Å²) < 4.78 is 40.4. The minimum Gasteiger partial charge on any atom is -0.278 e. The number of aryl methyl sites for hydroxylation is 2. The fourth-order valence-electron chi connectivity index (χ4n) is 3.19. The molecule has 2 aromatic carbocycles. The van der Waals surface area contributed by atoms with E-state index in [1.54, 1.807) is 24.4 Å². The Labute approximate surface area is 181 Å². The molecule has 31 heavy (non-hydrogen) atoms. The van der Waals surface area contributed by atoms with Gasteiger partial charge in [-0.2, -0.15) is 13.2 Å². The molecule has 0 saturated heterocycles. The molecule has 0 aliphatic carbocycles. The average molecular weight is 441 g/mol. The summed E-state index contributed by atoms with van der Waals surface area (Å²) in [6.07, 6.45) is -2.93. The number of carbonyl (C=O) groups is 1. The molecule has 0 unspecified atom stereocenters. The van der Waals surface area contributed by atoms with Crippen molar-refractivity contribution in [1.82, 2.24) is 9.97 Å². The maximum atomic E-state index is 13.4. The Balaban J connectivity index is 1.80. The Morgan fingerprint density at radius 2 is 1.87 bits per heavy atom. The Bertz CT molecular complexity index is 1250. The van der Waals surface area contributed by atoms with Crippen LogP contribution >= 0.6 is 11.3 Å². The van der Waals surface area contributed by atoms with E-state index < -0.39 is 17.6 Å². The van der Waals surface area contributed by atoms with E-state index in [2.05, 4.69) is 9.97 Å². The van der Waals surface area contributed by atoms with Crippen molar-refractivity contribution >= 4 is 32.6 Å². The Hall–Kier alpha value is -3.26. The number of thiazole rings is 1. The topological polar surface area (TPSA) is 46.1 Å². The molecule has 0 bridgehead atoms. The second kappa shape index (κ2) is 8.11. The predicted molar refractivity (Wildman–Crippen MR) is 115 cm³/mol. The van der Waals surface area contributed by atoms with Gasteiger partial charge in [-0.15, -0.1) is 0 Å². The number of carbonyl (C=O) groups excluding carboxylic acids is 1. The van der Waals surface area contributed by atoms with Crippen LogP contribution in [0.5, 0.6) is 0 Å². The number of benzene rings is 2. The van der Waals surface area contributed by atoms with E-state index in [-0.39, 0.29) is 12.1 Å². The summed E-state index contributed by atoms with van der Waals surface area (Å²) >= 11 is 1.32. The number of aromatic nitrogens is 2. The first kappa shape index (κ1) is 21.0. The van der Waals surface area contributed by atoms with Crippen LogP contribution in [0.1, 0.15) is 32.7 Å². The molecular weight excluding hydrogens is 423 g/mol. The van der Waals surface area contributed by atoms with Crippen LogP contribution in [0.2, 0.25) is 0 Å². The number of hydrogen-bond donors (Lipinski definition) is 0. The third-order valence-corrected chi connectivity index (χ3v) is 6.08. The maximum absolute atomic E-state index is 13.4. The summed E-state index contributed by atoms with van der Waals surface area (Å²) in [7, 11) is 0. The van der Waals surface area contributed by atoms with Gasteiger partial charge >= 0.3 is 6.18 Å². The highest BCUT2D eigenvalue weighted by Gasteiger charge is 2.32. The third-order valence-electron chi connectivity index (χ3n) is 5.03. The van der Waals surface area contributed by atoms with E-state index in [0.717, 1.165) is 33.5 Å². The molecule has 0 atom stereocenters. The van der Waals surface area contributed by atoms with E-state index >= 15 is 0 Å². The Morgan fingerprint density at radius 1 is 1.06 bits per heavy atom.